The quantitative estimate of drug-likeness (QED) is 0.0202. The molecule has 0 saturated carbocycles. The van der Waals surface area contributed by atoms with Crippen molar-refractivity contribution in [3.05, 3.63) is 24.3 Å². The van der Waals surface area contributed by atoms with E-state index in [9.17, 15) is 75.7 Å². The van der Waals surface area contributed by atoms with Gasteiger partial charge in [-0.25, -0.2) is 4.79 Å². The van der Waals surface area contributed by atoms with Crippen molar-refractivity contribution in [3.8, 4) is 0 Å². The maximum atomic E-state index is 13.5. The molecule has 556 valence electrons. The van der Waals surface area contributed by atoms with E-state index < -0.39 is 155 Å². The van der Waals surface area contributed by atoms with Crippen LogP contribution in [0.4, 0.5) is 0 Å². The van der Waals surface area contributed by atoms with Gasteiger partial charge in [-0.1, -0.05) is 237 Å². The highest BCUT2D eigenvalue weighted by Crippen LogP contribution is 2.39. The maximum absolute atomic E-state index is 13.5. The highest BCUT2D eigenvalue weighted by molar-refractivity contribution is 5.77. The van der Waals surface area contributed by atoms with Gasteiger partial charge in [0, 0.05) is 19.8 Å². The summed E-state index contributed by atoms with van der Waals surface area (Å²) in [6.07, 6.45) is 25.4. The second-order valence-electron chi connectivity index (χ2n) is 27.2. The molecule has 23 heteroatoms. The Labute approximate surface area is 568 Å². The van der Waals surface area contributed by atoms with Gasteiger partial charge < -0.3 is 100 Å². The van der Waals surface area contributed by atoms with Gasteiger partial charge in [0.2, 0.25) is 11.8 Å². The predicted molar refractivity (Wildman–Crippen MR) is 361 cm³/mol. The van der Waals surface area contributed by atoms with Crippen molar-refractivity contribution in [2.75, 3.05) is 26.4 Å². The lowest BCUT2D eigenvalue weighted by molar-refractivity contribution is -0.386. The number of carbonyl (C=O) groups is 3. The molecule has 3 heterocycles. The van der Waals surface area contributed by atoms with Crippen LogP contribution in [0.5, 0.6) is 0 Å². The molecule has 3 aliphatic heterocycles. The first-order valence-electron chi connectivity index (χ1n) is 37.2. The number of unbranched alkanes of at least 4 members (excludes halogenated alkanes) is 35. The standard InChI is InChI=1S/C72H132N2O21/c1-4-6-8-10-12-14-16-17-18-19-20-21-22-23-24-25-26-27-28-29-30-31-32-33-34-36-38-40-42-44-46-59(82)74-53(54(79)45-43-41-39-37-35-15-13-11-9-7-5-2)51-90-69-64(86)63(85)66(58(50-77)92-69)93-70-65(87)68(62(84)57(49-76)91-70)95-72(71(88)89)47-55(80)60(73-52(3)78)67(94-72)61(83)56(81)48-75/h23-24,43,45,53-58,60-70,75-77,79-81,83-87H,4-22,25-42,44,46-51H2,1-3H3,(H,73,78)(H,74,82)(H,88,89)/b24-23-,45-43+. The van der Waals surface area contributed by atoms with Crippen LogP contribution >= 0.6 is 0 Å². The molecule has 0 aromatic rings. The first-order valence-corrected chi connectivity index (χ1v) is 37.2. The fraction of sp³-hybridized carbons (Fsp3) is 0.903. The lowest BCUT2D eigenvalue weighted by Gasteiger charge is -2.50. The molecule has 0 spiro atoms. The monoisotopic (exact) mass is 1360 g/mol. The van der Waals surface area contributed by atoms with Gasteiger partial charge in [0.1, 0.15) is 67.1 Å². The van der Waals surface area contributed by atoms with Crippen LogP contribution in [0.25, 0.3) is 0 Å². The minimum atomic E-state index is -3.08. The fourth-order valence-corrected chi connectivity index (χ4v) is 12.9. The van der Waals surface area contributed by atoms with Crippen LogP contribution in [0.3, 0.4) is 0 Å². The summed E-state index contributed by atoms with van der Waals surface area (Å²) in [5.74, 6) is -6.14. The zero-order valence-electron chi connectivity index (χ0n) is 58.3. The van der Waals surface area contributed by atoms with E-state index in [-0.39, 0.29) is 12.3 Å². The molecule has 0 aromatic heterocycles. The summed E-state index contributed by atoms with van der Waals surface area (Å²) in [7, 11) is 0. The molecule has 3 fully saturated rings. The van der Waals surface area contributed by atoms with E-state index in [2.05, 4.69) is 36.6 Å². The molecule has 18 unspecified atom stereocenters. The fourth-order valence-electron chi connectivity index (χ4n) is 12.9. The Hall–Kier alpha value is -2.79. The van der Waals surface area contributed by atoms with Crippen LogP contribution < -0.4 is 10.6 Å². The number of aliphatic hydroxyl groups is 11. The lowest BCUT2D eigenvalue weighted by atomic mass is 9.88. The zero-order chi connectivity index (χ0) is 69.6. The summed E-state index contributed by atoms with van der Waals surface area (Å²) in [5, 5.41) is 136. The molecule has 3 saturated heterocycles. The largest absolute Gasteiger partial charge is 0.477 e. The molecule has 0 aromatic carbocycles. The van der Waals surface area contributed by atoms with Gasteiger partial charge in [0.15, 0.2) is 12.6 Å². The number of carboxylic acids is 1. The van der Waals surface area contributed by atoms with Crippen LogP contribution in [-0.4, -0.2) is 215 Å². The topological polar surface area (TPSA) is 373 Å². The van der Waals surface area contributed by atoms with Crippen molar-refractivity contribution >= 4 is 17.8 Å². The Balaban J connectivity index is 1.48. The van der Waals surface area contributed by atoms with Crippen LogP contribution in [0.1, 0.15) is 278 Å². The van der Waals surface area contributed by atoms with Crippen molar-refractivity contribution in [1.82, 2.24) is 10.6 Å². The number of ether oxygens (including phenoxy) is 6. The Morgan fingerprint density at radius 3 is 1.43 bits per heavy atom. The molecule has 14 N–H and O–H groups in total. The van der Waals surface area contributed by atoms with Crippen molar-refractivity contribution in [2.24, 2.45) is 0 Å². The molecule has 95 heavy (non-hydrogen) atoms. The molecule has 18 atom stereocenters. The van der Waals surface area contributed by atoms with Gasteiger partial charge in [-0.2, -0.15) is 0 Å². The number of carboxylic acid groups (broad SMARTS) is 1. The molecule has 0 aliphatic carbocycles. The van der Waals surface area contributed by atoms with Crippen LogP contribution in [0, 0.1) is 0 Å². The van der Waals surface area contributed by atoms with E-state index in [1.807, 2.05) is 6.08 Å². The summed E-state index contributed by atoms with van der Waals surface area (Å²) in [5.41, 5.74) is 0. The van der Waals surface area contributed by atoms with E-state index in [1.165, 1.54) is 186 Å². The number of aliphatic carboxylic acids is 1. The number of carbonyl (C=O) groups excluding carboxylic acids is 2. The van der Waals surface area contributed by atoms with Crippen LogP contribution in [0.15, 0.2) is 24.3 Å². The number of hydrogen-bond donors (Lipinski definition) is 14. The number of amides is 2. The highest BCUT2D eigenvalue weighted by Gasteiger charge is 2.60. The number of nitrogens with one attached hydrogen (secondary N) is 2. The van der Waals surface area contributed by atoms with E-state index in [1.54, 1.807) is 6.08 Å². The smallest absolute Gasteiger partial charge is 0.364 e. The Morgan fingerprint density at radius 1 is 0.547 bits per heavy atom. The maximum Gasteiger partial charge on any atom is 0.364 e. The number of rotatable bonds is 57. The summed E-state index contributed by atoms with van der Waals surface area (Å²) in [4.78, 5) is 38.5. The van der Waals surface area contributed by atoms with E-state index in [4.69, 9.17) is 28.4 Å². The van der Waals surface area contributed by atoms with Gasteiger partial charge in [-0.3, -0.25) is 9.59 Å². The van der Waals surface area contributed by atoms with Crippen molar-refractivity contribution in [2.45, 2.75) is 387 Å². The Kier molecular flexibility index (Phi) is 47.5. The summed E-state index contributed by atoms with van der Waals surface area (Å²) in [6, 6.07) is -2.62. The molecule has 0 radical (unpaired) electrons. The normalized spacial score (nSPS) is 27.8. The second-order valence-corrected chi connectivity index (χ2v) is 27.2. The van der Waals surface area contributed by atoms with E-state index >= 15 is 0 Å². The van der Waals surface area contributed by atoms with Crippen molar-refractivity contribution in [1.29, 1.82) is 0 Å². The molecule has 2 amide bonds. The van der Waals surface area contributed by atoms with Crippen molar-refractivity contribution in [3.63, 3.8) is 0 Å². The van der Waals surface area contributed by atoms with Crippen LogP contribution in [-0.2, 0) is 42.8 Å². The SMILES string of the molecule is CCCCCCCCCCC/C=C/C(O)C(COC1OC(CO)C(OC2OC(CO)C(O)C(OC3(C(=O)O)CC(O)C(NC(C)=O)C(C(O)C(O)CO)O3)C2O)C(O)C1O)NC(=O)CCCCCCCCCCCCCCCC/C=C\CCCCCCCCCCCCCC. The number of allylic oxidation sites excluding steroid dienone is 3. The second kappa shape index (κ2) is 52.2. The molecule has 0 bridgehead atoms. The third-order valence-corrected chi connectivity index (χ3v) is 18.9. The van der Waals surface area contributed by atoms with Gasteiger partial charge in [0.25, 0.3) is 5.79 Å². The minimum absolute atomic E-state index is 0.202. The average molecular weight is 1360 g/mol. The Bertz CT molecular complexity index is 2010. The zero-order valence-corrected chi connectivity index (χ0v) is 58.3. The van der Waals surface area contributed by atoms with Crippen LogP contribution in [0.2, 0.25) is 0 Å². The summed E-state index contributed by atoms with van der Waals surface area (Å²) < 4.78 is 34.8. The predicted octanol–water partition coefficient (Wildman–Crippen LogP) is 8.01. The van der Waals surface area contributed by atoms with Crippen molar-refractivity contribution < 1.29 is 104 Å². The third-order valence-electron chi connectivity index (χ3n) is 18.9. The first-order chi connectivity index (χ1) is 45.9. The summed E-state index contributed by atoms with van der Waals surface area (Å²) >= 11 is 0. The van der Waals surface area contributed by atoms with Gasteiger partial charge in [-0.05, 0) is 44.9 Å². The number of hydrogen-bond acceptors (Lipinski definition) is 20. The Morgan fingerprint density at radius 2 is 0.989 bits per heavy atom. The van der Waals surface area contributed by atoms with E-state index in [0.717, 1.165) is 51.9 Å². The summed E-state index contributed by atoms with van der Waals surface area (Å²) in [6.45, 7) is 2.13. The lowest BCUT2D eigenvalue weighted by Crippen LogP contribution is -2.70. The molecular weight excluding hydrogens is 1230 g/mol. The highest BCUT2D eigenvalue weighted by atomic mass is 16.8. The molecule has 23 nitrogen and oxygen atoms in total. The van der Waals surface area contributed by atoms with Gasteiger partial charge >= 0.3 is 5.97 Å². The van der Waals surface area contributed by atoms with Gasteiger partial charge in [-0.15, -0.1) is 0 Å². The number of aliphatic hydroxyl groups excluding tert-OH is 11. The molecule has 3 aliphatic rings. The van der Waals surface area contributed by atoms with Gasteiger partial charge in [0.05, 0.1) is 50.7 Å². The third kappa shape index (κ3) is 34.0. The molecule has 3 rings (SSSR count). The average Bonchev–Trinajstić information content (AvgIpc) is 0.757. The first kappa shape index (κ1) is 86.4. The molecular formula is C72H132N2O21. The van der Waals surface area contributed by atoms with E-state index in [0.29, 0.717) is 12.8 Å². The minimum Gasteiger partial charge on any atom is -0.477 e.